The zero-order chi connectivity index (χ0) is 86.9. The van der Waals surface area contributed by atoms with Crippen molar-refractivity contribution in [1.29, 1.82) is 0 Å². The predicted molar refractivity (Wildman–Crippen MR) is 416 cm³/mol. The molecule has 32 nitrogen and oxygen atoms in total. The second-order valence-corrected chi connectivity index (χ2v) is 27.3. The van der Waals surface area contributed by atoms with Gasteiger partial charge in [0.2, 0.25) is 0 Å². The molecule has 0 N–H and O–H groups in total. The number of benzene rings is 8. The Balaban J connectivity index is 1.33. The average molecular weight is 1650 g/mol. The van der Waals surface area contributed by atoms with Crippen molar-refractivity contribution in [3.63, 3.8) is 0 Å². The van der Waals surface area contributed by atoms with Crippen molar-refractivity contribution in [1.82, 2.24) is 0 Å². The van der Waals surface area contributed by atoms with Gasteiger partial charge in [-0.15, -0.1) is 0 Å². The number of hydrogen-bond donors (Lipinski definition) is 0. The molecule has 8 aromatic carbocycles. The summed E-state index contributed by atoms with van der Waals surface area (Å²) >= 11 is 0. The van der Waals surface area contributed by atoms with Crippen LogP contribution < -0.4 is 33.2 Å². The molecule has 120 heavy (non-hydrogen) atoms. The Bertz CT molecular complexity index is 4490. The molecule has 0 spiro atoms. The lowest BCUT2D eigenvalue weighted by molar-refractivity contribution is -0.139. The van der Waals surface area contributed by atoms with Gasteiger partial charge in [0.15, 0.2) is 0 Å². The van der Waals surface area contributed by atoms with Gasteiger partial charge in [-0.2, -0.15) is 0 Å². The number of rotatable bonds is 42. The molecule has 8 aromatic rings. The first kappa shape index (κ1) is 91.4. The van der Waals surface area contributed by atoms with Gasteiger partial charge in [-0.3, -0.25) is 38.4 Å². The average Bonchev–Trinajstić information content (AvgIpc) is 0.820. The minimum atomic E-state index is -2.21. The van der Waals surface area contributed by atoms with Gasteiger partial charge in [0, 0.05) is 60.5 Å². The maximum absolute atomic E-state index is 14.9. The molecule has 628 valence electrons. The zero-order valence-corrected chi connectivity index (χ0v) is 66.4. The van der Waals surface area contributed by atoms with Gasteiger partial charge in [0.05, 0.1) is 61.4 Å². The molecule has 8 rings (SSSR count). The van der Waals surface area contributed by atoms with Gasteiger partial charge in [-0.05, 0) is 97.4 Å². The monoisotopic (exact) mass is 1650 g/mol. The largest absolute Gasteiger partial charge is 0.461 e. The molecule has 0 aliphatic heterocycles. The van der Waals surface area contributed by atoms with E-state index in [4.69, 9.17) is 80.5 Å². The Kier molecular flexibility index (Phi) is 33.7. The highest BCUT2D eigenvalue weighted by Gasteiger charge is 2.44. The molecule has 0 aromatic heterocycles. The number of carbonyl (C=O) groups is 15. The third kappa shape index (κ3) is 27.8. The van der Waals surface area contributed by atoms with E-state index in [0.717, 1.165) is 48.5 Å². The molecule has 0 radical (unpaired) electrons. The highest BCUT2D eigenvalue weighted by Crippen LogP contribution is 2.35. The second-order valence-electron chi connectivity index (χ2n) is 27.3. The fraction of sp³-hybridized carbons (Fsp3) is 0.284. The molecule has 0 heterocycles. The van der Waals surface area contributed by atoms with Crippen LogP contribution in [-0.4, -0.2) is 169 Å². The van der Waals surface area contributed by atoms with Crippen LogP contribution in [0.1, 0.15) is 139 Å². The van der Waals surface area contributed by atoms with Crippen LogP contribution in [0.15, 0.2) is 194 Å². The van der Waals surface area contributed by atoms with Crippen LogP contribution in [0.25, 0.3) is 0 Å². The number of Topliss-reactive ketones (excluding diaryl/α,β-unsaturated/α-hetero) is 1. The standard InChI is InChI=1S/C88H84O32/c1-55(89)41-63-25-9-11-27-65(63)79(97)107-49-87(50-109-81(99)67-29-13-20-36-74(67)116-58(4)92,51-110-82(100)68-30-14-21-37-75(68)117-59(5)93)46-105-44-86(43-104-42-64-26-10-18-34-72(64)114-56(2)90,48-108-80(98)66-28-12-19-35-73(66)115-57(3)91)45-106-47-88(52-111-83(101)69-31-15-22-38-76(69)118-60(6)94,53-112-84(102)70-32-16-23-39-77(70)119-61(7)95)54-113-85(103)71-33-17-24-40-78(71)120-62(8)96/h9-40H,41-54H2,1-8H3. The third-order valence-electron chi connectivity index (χ3n) is 16.9. The lowest BCUT2D eigenvalue weighted by Gasteiger charge is -2.37. The highest BCUT2D eigenvalue weighted by atomic mass is 16.6. The van der Waals surface area contributed by atoms with Gasteiger partial charge < -0.3 is 80.5 Å². The summed E-state index contributed by atoms with van der Waals surface area (Å²) in [7, 11) is 0. The molecule has 0 saturated carbocycles. The number of para-hydroxylation sites is 7. The van der Waals surface area contributed by atoms with E-state index in [9.17, 15) is 71.9 Å². The molecule has 0 fully saturated rings. The minimum absolute atomic E-state index is 0.0276. The molecule has 0 saturated heterocycles. The van der Waals surface area contributed by atoms with E-state index < -0.39 is 186 Å². The third-order valence-corrected chi connectivity index (χ3v) is 16.9. The van der Waals surface area contributed by atoms with E-state index in [1.807, 2.05) is 0 Å². The van der Waals surface area contributed by atoms with Crippen LogP contribution in [-0.2, 0) is 98.8 Å². The number of carbonyl (C=O) groups excluding carboxylic acids is 15. The molecule has 0 bridgehead atoms. The number of ether oxygens (including phenoxy) is 17. The molecule has 1 unspecified atom stereocenters. The molecular formula is C88H84O32. The Morgan fingerprint density at radius 1 is 0.208 bits per heavy atom. The van der Waals surface area contributed by atoms with E-state index in [0.29, 0.717) is 0 Å². The fourth-order valence-electron chi connectivity index (χ4n) is 11.5. The van der Waals surface area contributed by atoms with Crippen LogP contribution in [0.5, 0.6) is 40.2 Å². The first-order valence-corrected chi connectivity index (χ1v) is 36.8. The van der Waals surface area contributed by atoms with Crippen molar-refractivity contribution in [2.24, 2.45) is 16.2 Å². The Morgan fingerprint density at radius 3 is 0.633 bits per heavy atom. The summed E-state index contributed by atoms with van der Waals surface area (Å²) in [5.74, 6) is -15.8. The van der Waals surface area contributed by atoms with Crippen LogP contribution >= 0.6 is 0 Å². The van der Waals surface area contributed by atoms with E-state index in [1.165, 1.54) is 177 Å². The van der Waals surface area contributed by atoms with Gasteiger partial charge in [-0.25, -0.2) is 33.6 Å². The van der Waals surface area contributed by atoms with Gasteiger partial charge >= 0.3 is 83.6 Å². The summed E-state index contributed by atoms with van der Waals surface area (Å²) in [6.07, 6.45) is -0.243. The van der Waals surface area contributed by atoms with Crippen molar-refractivity contribution >= 4 is 89.4 Å². The summed E-state index contributed by atoms with van der Waals surface area (Å²) < 4.78 is 100. The van der Waals surface area contributed by atoms with Gasteiger partial charge in [0.1, 0.15) is 126 Å². The van der Waals surface area contributed by atoms with E-state index in [2.05, 4.69) is 0 Å². The van der Waals surface area contributed by atoms with Crippen molar-refractivity contribution in [2.75, 3.05) is 79.3 Å². The Hall–Kier alpha value is -14.1. The van der Waals surface area contributed by atoms with Crippen molar-refractivity contribution in [3.05, 3.63) is 244 Å². The molecule has 32 heteroatoms. The van der Waals surface area contributed by atoms with Gasteiger partial charge in [-0.1, -0.05) is 109 Å². The summed E-state index contributed by atoms with van der Waals surface area (Å²) in [4.78, 5) is 202. The highest BCUT2D eigenvalue weighted by molar-refractivity contribution is 5.98. The lowest BCUT2D eigenvalue weighted by Crippen LogP contribution is -2.48. The number of hydrogen-bond acceptors (Lipinski definition) is 32. The molecule has 0 aliphatic carbocycles. The molecule has 0 amide bonds. The van der Waals surface area contributed by atoms with Crippen molar-refractivity contribution < 1.29 is 152 Å². The fourth-order valence-corrected chi connectivity index (χ4v) is 11.5. The quantitative estimate of drug-likeness (QED) is 0.0195. The molecule has 0 aliphatic rings. The van der Waals surface area contributed by atoms with E-state index in [1.54, 1.807) is 24.3 Å². The minimum Gasteiger partial charge on any atom is -0.461 e. The SMILES string of the molecule is CC(=O)Cc1ccccc1C(=O)OCC(COCC(COCc1ccccc1OC(C)=O)(COCC(COC(=O)c1ccccc1OC(C)=O)(COC(=O)c1ccccc1OC(C)=O)COC(=O)c1ccccc1OC(C)=O)COC(=O)c1ccccc1OC(C)=O)(COC(=O)c1ccccc1OC(C)=O)COC(=O)c1ccccc1OC(C)=O. The summed E-state index contributed by atoms with van der Waals surface area (Å²) in [6.45, 7) is -2.49. The van der Waals surface area contributed by atoms with Crippen LogP contribution in [0.3, 0.4) is 0 Å². The number of ketones is 1. The molecule has 1 atom stereocenters. The zero-order valence-electron chi connectivity index (χ0n) is 66.4. The maximum atomic E-state index is 14.9. The number of esters is 14. The normalized spacial score (nSPS) is 11.5. The topological polar surface area (TPSA) is 413 Å². The summed E-state index contributed by atoms with van der Waals surface area (Å²) in [5.41, 5.74) is -8.02. The molecular weight excluding hydrogens is 1570 g/mol. The van der Waals surface area contributed by atoms with Crippen molar-refractivity contribution in [2.45, 2.75) is 68.4 Å². The van der Waals surface area contributed by atoms with Gasteiger partial charge in [0.25, 0.3) is 0 Å². The Morgan fingerprint density at radius 2 is 0.392 bits per heavy atom. The van der Waals surface area contributed by atoms with Crippen LogP contribution in [0.4, 0.5) is 0 Å². The summed E-state index contributed by atoms with van der Waals surface area (Å²) in [6, 6.07) is 44.6. The van der Waals surface area contributed by atoms with E-state index >= 15 is 0 Å². The van der Waals surface area contributed by atoms with Crippen LogP contribution in [0, 0.1) is 16.2 Å². The second kappa shape index (κ2) is 44.3. The van der Waals surface area contributed by atoms with E-state index in [-0.39, 0.29) is 103 Å². The Labute approximate surface area is 687 Å². The lowest BCUT2D eigenvalue weighted by atomic mass is 9.89. The van der Waals surface area contributed by atoms with Crippen molar-refractivity contribution in [3.8, 4) is 40.2 Å². The summed E-state index contributed by atoms with van der Waals surface area (Å²) in [5, 5.41) is 0. The first-order chi connectivity index (χ1) is 57.4. The van der Waals surface area contributed by atoms with Crippen LogP contribution in [0.2, 0.25) is 0 Å². The predicted octanol–water partition coefficient (Wildman–Crippen LogP) is 10.8. The first-order valence-electron chi connectivity index (χ1n) is 36.8. The smallest absolute Gasteiger partial charge is 0.341 e. The maximum Gasteiger partial charge on any atom is 0.341 e.